The van der Waals surface area contributed by atoms with Crippen molar-refractivity contribution in [2.75, 3.05) is 24.7 Å². The van der Waals surface area contributed by atoms with E-state index < -0.39 is 9.84 Å². The van der Waals surface area contributed by atoms with Crippen LogP contribution in [0.15, 0.2) is 53.4 Å². The number of aromatic nitrogens is 1. The Kier molecular flexibility index (Phi) is 8.16. The zero-order valence-corrected chi connectivity index (χ0v) is 23.4. The van der Waals surface area contributed by atoms with Crippen molar-refractivity contribution in [2.24, 2.45) is 0 Å². The number of likely N-dealkylation sites (N-methyl/N-ethyl adjacent to an activating group) is 1. The molecule has 0 atom stereocenters. The molecule has 0 aliphatic carbocycles. The second kappa shape index (κ2) is 11.0. The molecular weight excluding hydrogens is 534 g/mol. The molecular formula is C26H28ClN3O3S3. The van der Waals surface area contributed by atoms with E-state index in [9.17, 15) is 13.2 Å². The van der Waals surface area contributed by atoms with Gasteiger partial charge in [0.25, 0.3) is 0 Å². The summed E-state index contributed by atoms with van der Waals surface area (Å²) in [4.78, 5) is 21.6. The minimum Gasteiger partial charge on any atom is -0.317 e. The molecule has 2 aromatic heterocycles. The van der Waals surface area contributed by atoms with Gasteiger partial charge in [0.05, 0.1) is 20.9 Å². The van der Waals surface area contributed by atoms with E-state index in [0.717, 1.165) is 50.9 Å². The number of thiophene rings is 1. The van der Waals surface area contributed by atoms with Crippen molar-refractivity contribution in [1.29, 1.82) is 0 Å². The predicted octanol–water partition coefficient (Wildman–Crippen LogP) is 5.94. The lowest BCUT2D eigenvalue weighted by Crippen LogP contribution is -2.25. The van der Waals surface area contributed by atoms with Gasteiger partial charge in [-0.05, 0) is 56.6 Å². The Morgan fingerprint density at radius 1 is 1.11 bits per heavy atom. The van der Waals surface area contributed by atoms with Crippen molar-refractivity contribution in [2.45, 2.75) is 37.6 Å². The van der Waals surface area contributed by atoms with Gasteiger partial charge in [-0.25, -0.2) is 13.4 Å². The maximum Gasteiger partial charge on any atom is 0.225 e. The number of nitrogens with one attached hydrogen (secondary N) is 1. The van der Waals surface area contributed by atoms with E-state index >= 15 is 0 Å². The normalized spacial score (nSPS) is 13.8. The van der Waals surface area contributed by atoms with Crippen LogP contribution >= 0.6 is 35.1 Å². The quantitative estimate of drug-likeness (QED) is 0.302. The van der Waals surface area contributed by atoms with Gasteiger partial charge in [-0.15, -0.1) is 35.1 Å². The molecule has 0 saturated carbocycles. The summed E-state index contributed by atoms with van der Waals surface area (Å²) in [5.74, 6) is -0.224. The molecule has 1 amide bonds. The van der Waals surface area contributed by atoms with Crippen molar-refractivity contribution in [3.63, 3.8) is 0 Å². The van der Waals surface area contributed by atoms with Gasteiger partial charge in [-0.1, -0.05) is 29.8 Å². The predicted molar refractivity (Wildman–Crippen MR) is 151 cm³/mol. The first kappa shape index (κ1) is 26.8. The molecule has 1 aliphatic heterocycles. The number of sulfone groups is 1. The maximum atomic E-state index is 12.9. The van der Waals surface area contributed by atoms with Gasteiger partial charge in [0.15, 0.2) is 9.84 Å². The minimum absolute atomic E-state index is 0. The number of aryl methyl sites for hydroxylation is 1. The van der Waals surface area contributed by atoms with Crippen LogP contribution in [-0.4, -0.2) is 43.6 Å². The summed E-state index contributed by atoms with van der Waals surface area (Å²) in [5.41, 5.74) is 4.26. The van der Waals surface area contributed by atoms with E-state index in [1.165, 1.54) is 10.4 Å². The largest absolute Gasteiger partial charge is 0.317 e. The van der Waals surface area contributed by atoms with Crippen molar-refractivity contribution >= 4 is 66.0 Å². The van der Waals surface area contributed by atoms with Crippen LogP contribution in [0.25, 0.3) is 20.8 Å². The first-order valence-corrected chi connectivity index (χ1v) is 14.9. The molecule has 0 unspecified atom stereocenters. The third kappa shape index (κ3) is 5.65. The van der Waals surface area contributed by atoms with Gasteiger partial charge in [-0.2, -0.15) is 0 Å². The SMILES string of the molecule is Cc1ccc(S(=O)(=O)CCCC(=O)Nc2sc3c(c2-c2nc4ccccc4s2)CCN(C)C3)cc1.Cl. The van der Waals surface area contributed by atoms with E-state index in [4.69, 9.17) is 4.98 Å². The van der Waals surface area contributed by atoms with Crippen molar-refractivity contribution in [1.82, 2.24) is 9.88 Å². The standard InChI is InChI=1S/C26H27N3O3S3.ClH/c1-17-9-11-18(12-10-17)35(31,32)15-5-8-23(30)28-26-24(19-13-14-29(2)16-22(19)34-26)25-27-20-6-3-4-7-21(20)33-25;/h3-4,6-7,9-12H,5,8,13-16H2,1-2H3,(H,28,30);1H. The van der Waals surface area contributed by atoms with Crippen LogP contribution in [0.4, 0.5) is 5.00 Å². The summed E-state index contributed by atoms with van der Waals surface area (Å²) in [6, 6.07) is 14.9. The van der Waals surface area contributed by atoms with E-state index in [-0.39, 0.29) is 36.9 Å². The Morgan fingerprint density at radius 3 is 2.61 bits per heavy atom. The number of thiazole rings is 1. The second-order valence-corrected chi connectivity index (χ2v) is 13.2. The molecule has 0 radical (unpaired) electrons. The second-order valence-electron chi connectivity index (χ2n) is 8.97. The summed E-state index contributed by atoms with van der Waals surface area (Å²) in [6.45, 7) is 3.73. The fourth-order valence-electron chi connectivity index (χ4n) is 4.30. The number of benzene rings is 2. The maximum absolute atomic E-state index is 12.9. The van der Waals surface area contributed by atoms with Crippen LogP contribution < -0.4 is 5.32 Å². The van der Waals surface area contributed by atoms with Crippen LogP contribution in [-0.2, 0) is 27.6 Å². The molecule has 190 valence electrons. The highest BCUT2D eigenvalue weighted by atomic mass is 35.5. The molecule has 6 nitrogen and oxygen atoms in total. The van der Waals surface area contributed by atoms with Crippen molar-refractivity contribution < 1.29 is 13.2 Å². The highest BCUT2D eigenvalue weighted by molar-refractivity contribution is 7.91. The van der Waals surface area contributed by atoms with Gasteiger partial charge < -0.3 is 10.2 Å². The number of halogens is 1. The van der Waals surface area contributed by atoms with E-state index in [1.54, 1.807) is 46.9 Å². The summed E-state index contributed by atoms with van der Waals surface area (Å²) < 4.78 is 26.4. The number of rotatable bonds is 7. The highest BCUT2D eigenvalue weighted by Crippen LogP contribution is 2.45. The summed E-state index contributed by atoms with van der Waals surface area (Å²) in [6.07, 6.45) is 1.33. The molecule has 10 heteroatoms. The number of amides is 1. The number of hydrogen-bond acceptors (Lipinski definition) is 7. The molecule has 1 N–H and O–H groups in total. The van der Waals surface area contributed by atoms with Gasteiger partial charge in [0.1, 0.15) is 10.0 Å². The lowest BCUT2D eigenvalue weighted by molar-refractivity contribution is -0.116. The van der Waals surface area contributed by atoms with Crippen molar-refractivity contribution in [3.8, 4) is 10.6 Å². The summed E-state index contributed by atoms with van der Waals surface area (Å²) >= 11 is 3.25. The van der Waals surface area contributed by atoms with E-state index in [1.807, 2.05) is 25.1 Å². The molecule has 1 aliphatic rings. The summed E-state index contributed by atoms with van der Waals surface area (Å²) in [7, 11) is -1.31. The number of hydrogen-bond donors (Lipinski definition) is 1. The molecule has 0 fully saturated rings. The Labute approximate surface area is 225 Å². The average molecular weight is 562 g/mol. The zero-order valence-electron chi connectivity index (χ0n) is 20.1. The minimum atomic E-state index is -3.41. The molecule has 3 heterocycles. The van der Waals surface area contributed by atoms with Gasteiger partial charge in [0, 0.05) is 30.0 Å². The van der Waals surface area contributed by atoms with Gasteiger partial charge in [-0.3, -0.25) is 4.79 Å². The van der Waals surface area contributed by atoms with E-state index in [0.29, 0.717) is 4.90 Å². The van der Waals surface area contributed by atoms with Gasteiger partial charge >= 0.3 is 0 Å². The smallest absolute Gasteiger partial charge is 0.225 e. The molecule has 0 spiro atoms. The third-order valence-corrected chi connectivity index (χ3v) is 10.2. The highest BCUT2D eigenvalue weighted by Gasteiger charge is 2.26. The zero-order chi connectivity index (χ0) is 24.6. The molecule has 0 saturated heterocycles. The number of carbonyl (C=O) groups excluding carboxylic acids is 1. The van der Waals surface area contributed by atoms with Crippen molar-refractivity contribution in [3.05, 3.63) is 64.5 Å². The lowest BCUT2D eigenvalue weighted by Gasteiger charge is -2.22. The first-order valence-electron chi connectivity index (χ1n) is 11.6. The molecule has 36 heavy (non-hydrogen) atoms. The molecule has 0 bridgehead atoms. The molecule has 5 rings (SSSR count). The number of anilines is 1. The fourth-order valence-corrected chi connectivity index (χ4v) is 8.07. The van der Waals surface area contributed by atoms with Crippen LogP contribution in [0.3, 0.4) is 0 Å². The lowest BCUT2D eigenvalue weighted by atomic mass is 10.0. The first-order chi connectivity index (χ1) is 16.8. The molecule has 2 aromatic carbocycles. The van der Waals surface area contributed by atoms with Gasteiger partial charge in [0.2, 0.25) is 5.91 Å². The Bertz CT molecular complexity index is 1460. The molecule has 4 aromatic rings. The average Bonchev–Trinajstić information content (AvgIpc) is 3.39. The number of carbonyl (C=O) groups is 1. The van der Waals surface area contributed by atoms with Crippen LogP contribution in [0, 0.1) is 6.92 Å². The van der Waals surface area contributed by atoms with E-state index in [2.05, 4.69) is 23.3 Å². The summed E-state index contributed by atoms with van der Waals surface area (Å²) in [5, 5.41) is 4.83. The monoisotopic (exact) mass is 561 g/mol. The topological polar surface area (TPSA) is 79.4 Å². The number of para-hydroxylation sites is 1. The van der Waals surface area contributed by atoms with Crippen LogP contribution in [0.2, 0.25) is 0 Å². The number of fused-ring (bicyclic) bond motifs is 2. The van der Waals surface area contributed by atoms with Crippen LogP contribution in [0.5, 0.6) is 0 Å². The van der Waals surface area contributed by atoms with Crippen LogP contribution in [0.1, 0.15) is 28.8 Å². The fraction of sp³-hybridized carbons (Fsp3) is 0.308. The number of nitrogens with zero attached hydrogens (tertiary/aromatic N) is 2. The Morgan fingerprint density at radius 2 is 1.86 bits per heavy atom. The Balaban J connectivity index is 0.00000304. The third-order valence-electron chi connectivity index (χ3n) is 6.21. The Hall–Kier alpha value is -2.30.